The standard InChI is InChI=1S/C8H6ClNO/c9-7-4-2-1-3-6(7)8(11)5-10/h1-5,10H. The van der Waals surface area contributed by atoms with Crippen molar-refractivity contribution in [3.8, 4) is 0 Å². The molecule has 2 nitrogen and oxygen atoms in total. The van der Waals surface area contributed by atoms with E-state index in [1.807, 2.05) is 0 Å². The average Bonchev–Trinajstić information content (AvgIpc) is 2.04. The molecule has 0 aliphatic carbocycles. The van der Waals surface area contributed by atoms with Gasteiger partial charge in [-0.15, -0.1) is 0 Å². The van der Waals surface area contributed by atoms with Gasteiger partial charge in [0.05, 0.1) is 11.2 Å². The van der Waals surface area contributed by atoms with Gasteiger partial charge in [-0.05, 0) is 12.1 Å². The van der Waals surface area contributed by atoms with Crippen LogP contribution in [0.3, 0.4) is 0 Å². The van der Waals surface area contributed by atoms with Crippen LogP contribution < -0.4 is 0 Å². The number of hydrogen-bond acceptors (Lipinski definition) is 2. The predicted octanol–water partition coefficient (Wildman–Crippen LogP) is 2.17. The van der Waals surface area contributed by atoms with Gasteiger partial charge in [0.2, 0.25) is 5.78 Å². The van der Waals surface area contributed by atoms with E-state index < -0.39 is 0 Å². The highest BCUT2D eigenvalue weighted by Gasteiger charge is 2.04. The second-order valence-electron chi connectivity index (χ2n) is 1.99. The molecule has 56 valence electrons. The fourth-order valence-corrected chi connectivity index (χ4v) is 0.968. The average molecular weight is 168 g/mol. The maximum absolute atomic E-state index is 10.9. The molecule has 1 aromatic carbocycles. The molecular weight excluding hydrogens is 162 g/mol. The maximum atomic E-state index is 10.9. The first-order valence-electron chi connectivity index (χ1n) is 3.05. The molecule has 1 aromatic rings. The zero-order valence-electron chi connectivity index (χ0n) is 5.67. The minimum atomic E-state index is -0.365. The molecule has 0 aliphatic rings. The molecule has 1 rings (SSSR count). The van der Waals surface area contributed by atoms with Crippen molar-refractivity contribution in [3.05, 3.63) is 34.9 Å². The lowest BCUT2D eigenvalue weighted by molar-refractivity contribution is 0.107. The second kappa shape index (κ2) is 3.30. The van der Waals surface area contributed by atoms with E-state index in [0.29, 0.717) is 10.6 Å². The molecular formula is C8H6ClNO. The van der Waals surface area contributed by atoms with Crippen LogP contribution in [-0.4, -0.2) is 12.0 Å². The number of Topliss-reactive ketones (excluding diaryl/α,β-unsaturated/α-hetero) is 1. The SMILES string of the molecule is N=CC(=O)c1ccccc1Cl. The number of benzene rings is 1. The predicted molar refractivity (Wildman–Crippen MR) is 44.6 cm³/mol. The van der Waals surface area contributed by atoms with E-state index >= 15 is 0 Å². The lowest BCUT2D eigenvalue weighted by Gasteiger charge is -1.95. The first kappa shape index (κ1) is 7.95. The molecule has 0 amide bonds. The van der Waals surface area contributed by atoms with Gasteiger partial charge in [0.25, 0.3) is 0 Å². The summed E-state index contributed by atoms with van der Waals surface area (Å²) in [4.78, 5) is 10.9. The Hall–Kier alpha value is -1.15. The molecule has 0 aromatic heterocycles. The number of nitrogens with one attached hydrogen (secondary N) is 1. The molecule has 0 saturated heterocycles. The summed E-state index contributed by atoms with van der Waals surface area (Å²) in [6, 6.07) is 6.67. The summed E-state index contributed by atoms with van der Waals surface area (Å²) in [6.45, 7) is 0. The van der Waals surface area contributed by atoms with Gasteiger partial charge >= 0.3 is 0 Å². The summed E-state index contributed by atoms with van der Waals surface area (Å²) < 4.78 is 0. The zero-order chi connectivity index (χ0) is 8.27. The van der Waals surface area contributed by atoms with E-state index in [1.54, 1.807) is 24.3 Å². The van der Waals surface area contributed by atoms with Gasteiger partial charge < -0.3 is 5.41 Å². The van der Waals surface area contributed by atoms with Crippen LogP contribution in [0.2, 0.25) is 5.02 Å². The first-order chi connectivity index (χ1) is 5.25. The van der Waals surface area contributed by atoms with Crippen molar-refractivity contribution in [2.45, 2.75) is 0 Å². The van der Waals surface area contributed by atoms with E-state index in [1.165, 1.54) is 0 Å². The fraction of sp³-hybridized carbons (Fsp3) is 0. The number of hydrogen-bond donors (Lipinski definition) is 1. The van der Waals surface area contributed by atoms with Crippen LogP contribution in [0.25, 0.3) is 0 Å². The first-order valence-corrected chi connectivity index (χ1v) is 3.43. The van der Waals surface area contributed by atoms with Gasteiger partial charge in [-0.25, -0.2) is 0 Å². The fourth-order valence-electron chi connectivity index (χ4n) is 0.739. The zero-order valence-corrected chi connectivity index (χ0v) is 6.43. The number of ketones is 1. The second-order valence-corrected chi connectivity index (χ2v) is 2.40. The molecule has 0 fully saturated rings. The van der Waals surface area contributed by atoms with Crippen molar-refractivity contribution < 1.29 is 4.79 Å². The smallest absolute Gasteiger partial charge is 0.204 e. The molecule has 0 bridgehead atoms. The van der Waals surface area contributed by atoms with Gasteiger partial charge in [-0.2, -0.15) is 0 Å². The minimum Gasteiger partial charge on any atom is -0.305 e. The summed E-state index contributed by atoms with van der Waals surface area (Å²) >= 11 is 5.67. The Morgan fingerprint density at radius 1 is 1.45 bits per heavy atom. The number of carbonyl (C=O) groups excluding carboxylic acids is 1. The van der Waals surface area contributed by atoms with E-state index in [2.05, 4.69) is 0 Å². The van der Waals surface area contributed by atoms with E-state index in [9.17, 15) is 4.79 Å². The molecule has 0 atom stereocenters. The van der Waals surface area contributed by atoms with Gasteiger partial charge in [0.1, 0.15) is 0 Å². The molecule has 0 spiro atoms. The van der Waals surface area contributed by atoms with Gasteiger partial charge in [0.15, 0.2) is 0 Å². The number of carbonyl (C=O) groups is 1. The van der Waals surface area contributed by atoms with Crippen LogP contribution >= 0.6 is 11.6 Å². The molecule has 3 heteroatoms. The third kappa shape index (κ3) is 1.65. The monoisotopic (exact) mass is 167 g/mol. The van der Waals surface area contributed by atoms with Crippen LogP contribution in [0.15, 0.2) is 24.3 Å². The van der Waals surface area contributed by atoms with Crippen molar-refractivity contribution in [2.24, 2.45) is 0 Å². The minimum absolute atomic E-state index is 0.365. The Bertz CT molecular complexity index is 296. The highest BCUT2D eigenvalue weighted by Crippen LogP contribution is 2.14. The Kier molecular flexibility index (Phi) is 2.39. The van der Waals surface area contributed by atoms with Crippen molar-refractivity contribution in [3.63, 3.8) is 0 Å². The van der Waals surface area contributed by atoms with E-state index in [-0.39, 0.29) is 5.78 Å². The quantitative estimate of drug-likeness (QED) is 0.532. The van der Waals surface area contributed by atoms with E-state index in [4.69, 9.17) is 17.0 Å². The summed E-state index contributed by atoms with van der Waals surface area (Å²) in [5.74, 6) is -0.365. The molecule has 0 saturated carbocycles. The van der Waals surface area contributed by atoms with Crippen LogP contribution in [-0.2, 0) is 0 Å². The van der Waals surface area contributed by atoms with Crippen molar-refractivity contribution in [1.82, 2.24) is 0 Å². The lowest BCUT2D eigenvalue weighted by Crippen LogP contribution is -1.99. The highest BCUT2D eigenvalue weighted by molar-refractivity contribution is 6.41. The number of halogens is 1. The lowest BCUT2D eigenvalue weighted by atomic mass is 10.1. The van der Waals surface area contributed by atoms with Crippen molar-refractivity contribution in [2.75, 3.05) is 0 Å². The van der Waals surface area contributed by atoms with Crippen molar-refractivity contribution in [1.29, 1.82) is 5.41 Å². The summed E-state index contributed by atoms with van der Waals surface area (Å²) in [5.41, 5.74) is 0.379. The molecule has 0 radical (unpaired) electrons. The Balaban J connectivity index is 3.13. The van der Waals surface area contributed by atoms with Crippen LogP contribution in [0.5, 0.6) is 0 Å². The molecule has 0 heterocycles. The summed E-state index contributed by atoms with van der Waals surface area (Å²) in [6.07, 6.45) is 0.751. The third-order valence-corrected chi connectivity index (χ3v) is 1.60. The maximum Gasteiger partial charge on any atom is 0.204 e. The van der Waals surface area contributed by atoms with Crippen LogP contribution in [0.4, 0.5) is 0 Å². The van der Waals surface area contributed by atoms with Crippen molar-refractivity contribution >= 4 is 23.6 Å². The topological polar surface area (TPSA) is 40.9 Å². The van der Waals surface area contributed by atoms with Gasteiger partial charge in [-0.1, -0.05) is 23.7 Å². The number of rotatable bonds is 2. The van der Waals surface area contributed by atoms with Gasteiger partial charge in [-0.3, -0.25) is 4.79 Å². The van der Waals surface area contributed by atoms with Gasteiger partial charge in [0, 0.05) is 5.56 Å². The largest absolute Gasteiger partial charge is 0.305 e. The highest BCUT2D eigenvalue weighted by atomic mass is 35.5. The van der Waals surface area contributed by atoms with Crippen LogP contribution in [0, 0.1) is 5.41 Å². The molecule has 1 N–H and O–H groups in total. The molecule has 11 heavy (non-hydrogen) atoms. The summed E-state index contributed by atoms with van der Waals surface area (Å²) in [7, 11) is 0. The normalized spacial score (nSPS) is 9.18. The molecule has 0 unspecified atom stereocenters. The third-order valence-electron chi connectivity index (χ3n) is 1.27. The van der Waals surface area contributed by atoms with E-state index in [0.717, 1.165) is 6.21 Å². The molecule has 0 aliphatic heterocycles. The summed E-state index contributed by atoms with van der Waals surface area (Å²) in [5, 5.41) is 7.10. The Morgan fingerprint density at radius 2 is 2.09 bits per heavy atom. The Labute approximate surface area is 69.3 Å². The van der Waals surface area contributed by atoms with Crippen LogP contribution in [0.1, 0.15) is 10.4 Å². The Morgan fingerprint density at radius 3 is 2.64 bits per heavy atom.